The summed E-state index contributed by atoms with van der Waals surface area (Å²) in [5.74, 6) is -0.411. The van der Waals surface area contributed by atoms with Crippen molar-refractivity contribution in [3.8, 4) is 23.3 Å². The van der Waals surface area contributed by atoms with E-state index in [4.69, 9.17) is 21.1 Å². The molecule has 0 aromatic heterocycles. The lowest BCUT2D eigenvalue weighted by molar-refractivity contribution is -0.112. The van der Waals surface area contributed by atoms with Gasteiger partial charge in [0.1, 0.15) is 11.6 Å². The van der Waals surface area contributed by atoms with Crippen LogP contribution in [0.15, 0.2) is 35.9 Å². The molecule has 0 radical (unpaired) electrons. The molecule has 7 heteroatoms. The van der Waals surface area contributed by atoms with Crippen molar-refractivity contribution in [1.29, 1.82) is 5.26 Å². The van der Waals surface area contributed by atoms with Crippen LogP contribution >= 0.6 is 11.6 Å². The second kappa shape index (κ2) is 8.28. The normalized spacial score (nSPS) is 10.8. The number of aromatic hydroxyl groups is 1. The third kappa shape index (κ3) is 4.26. The van der Waals surface area contributed by atoms with Crippen LogP contribution in [0.2, 0.25) is 5.02 Å². The predicted octanol–water partition coefficient (Wildman–Crippen LogP) is 3.92. The maximum absolute atomic E-state index is 12.4. The number of rotatable bonds is 5. The number of benzene rings is 2. The quantitative estimate of drug-likeness (QED) is 0.613. The number of carbonyl (C=O) groups is 1. The molecule has 6 nitrogen and oxygen atoms in total. The van der Waals surface area contributed by atoms with E-state index in [2.05, 4.69) is 5.32 Å². The molecule has 0 spiro atoms. The first kappa shape index (κ1) is 19.2. The van der Waals surface area contributed by atoms with Crippen molar-refractivity contribution in [1.82, 2.24) is 0 Å². The maximum atomic E-state index is 12.4. The predicted molar refractivity (Wildman–Crippen MR) is 99.6 cm³/mol. The van der Waals surface area contributed by atoms with Gasteiger partial charge < -0.3 is 19.9 Å². The molecule has 0 aliphatic rings. The number of hydrogen-bond donors (Lipinski definition) is 2. The van der Waals surface area contributed by atoms with E-state index in [1.807, 2.05) is 13.0 Å². The molecule has 0 bridgehead atoms. The van der Waals surface area contributed by atoms with Gasteiger partial charge in [-0.3, -0.25) is 4.79 Å². The van der Waals surface area contributed by atoms with E-state index >= 15 is 0 Å². The first-order valence-electron chi connectivity index (χ1n) is 7.54. The number of amides is 1. The highest BCUT2D eigenvalue weighted by atomic mass is 35.5. The Morgan fingerprint density at radius 2 is 1.85 bits per heavy atom. The molecule has 0 saturated heterocycles. The summed E-state index contributed by atoms with van der Waals surface area (Å²) < 4.78 is 10.1. The molecule has 0 aliphatic heterocycles. The van der Waals surface area contributed by atoms with E-state index in [1.54, 1.807) is 18.2 Å². The van der Waals surface area contributed by atoms with Gasteiger partial charge >= 0.3 is 0 Å². The summed E-state index contributed by atoms with van der Waals surface area (Å²) in [5.41, 5.74) is 1.67. The highest BCUT2D eigenvalue weighted by Gasteiger charge is 2.14. The van der Waals surface area contributed by atoms with E-state index in [0.717, 1.165) is 5.56 Å². The van der Waals surface area contributed by atoms with Crippen molar-refractivity contribution < 1.29 is 19.4 Å². The average Bonchev–Trinajstić information content (AvgIpc) is 2.63. The molecule has 26 heavy (non-hydrogen) atoms. The minimum Gasteiger partial charge on any atom is -0.502 e. The van der Waals surface area contributed by atoms with Gasteiger partial charge in [-0.1, -0.05) is 17.7 Å². The Kier molecular flexibility index (Phi) is 6.10. The standard InChI is InChI=1S/C19H17ClN2O4/c1-11-4-5-14(20)9-15(11)22-19(24)13(10-21)6-12-7-16(25-2)18(23)17(8-12)26-3/h4-9,23H,1-3H3,(H,22,24)/b13-6+. The lowest BCUT2D eigenvalue weighted by atomic mass is 10.1. The number of nitrogens with one attached hydrogen (secondary N) is 1. The van der Waals surface area contributed by atoms with Crippen molar-refractivity contribution in [3.05, 3.63) is 52.1 Å². The van der Waals surface area contributed by atoms with Crippen LogP contribution in [-0.4, -0.2) is 25.2 Å². The summed E-state index contributed by atoms with van der Waals surface area (Å²) in [6, 6.07) is 9.94. The van der Waals surface area contributed by atoms with Gasteiger partial charge in [0.2, 0.25) is 5.75 Å². The fourth-order valence-corrected chi connectivity index (χ4v) is 2.40. The van der Waals surface area contributed by atoms with Crippen molar-refractivity contribution in [2.75, 3.05) is 19.5 Å². The summed E-state index contributed by atoms with van der Waals surface area (Å²) in [4.78, 5) is 12.4. The fraction of sp³-hybridized carbons (Fsp3) is 0.158. The van der Waals surface area contributed by atoms with E-state index in [1.165, 1.54) is 32.4 Å². The van der Waals surface area contributed by atoms with Crippen LogP contribution in [-0.2, 0) is 4.79 Å². The number of nitrogens with zero attached hydrogens (tertiary/aromatic N) is 1. The van der Waals surface area contributed by atoms with Crippen LogP contribution in [0.25, 0.3) is 6.08 Å². The molecular formula is C19H17ClN2O4. The zero-order valence-electron chi connectivity index (χ0n) is 14.5. The van der Waals surface area contributed by atoms with Gasteiger partial charge in [0.25, 0.3) is 5.91 Å². The minimum absolute atomic E-state index is 0.126. The van der Waals surface area contributed by atoms with Gasteiger partial charge in [-0.2, -0.15) is 5.26 Å². The number of halogens is 1. The average molecular weight is 373 g/mol. The Morgan fingerprint density at radius 3 is 2.38 bits per heavy atom. The van der Waals surface area contributed by atoms with Gasteiger partial charge in [0, 0.05) is 10.7 Å². The van der Waals surface area contributed by atoms with Gasteiger partial charge in [0.05, 0.1) is 14.2 Å². The minimum atomic E-state index is -0.580. The summed E-state index contributed by atoms with van der Waals surface area (Å²) >= 11 is 5.94. The molecule has 2 aromatic rings. The molecule has 1 amide bonds. The van der Waals surface area contributed by atoms with Crippen LogP contribution in [0.5, 0.6) is 17.2 Å². The Labute approximate surface area is 156 Å². The molecule has 134 valence electrons. The number of anilines is 1. The fourth-order valence-electron chi connectivity index (χ4n) is 2.23. The second-order valence-corrected chi connectivity index (χ2v) is 5.79. The van der Waals surface area contributed by atoms with E-state index < -0.39 is 5.91 Å². The van der Waals surface area contributed by atoms with Crippen molar-refractivity contribution in [2.45, 2.75) is 6.92 Å². The lowest BCUT2D eigenvalue weighted by Crippen LogP contribution is -2.14. The first-order chi connectivity index (χ1) is 12.4. The number of phenols is 1. The zero-order valence-corrected chi connectivity index (χ0v) is 15.2. The van der Waals surface area contributed by atoms with Crippen molar-refractivity contribution in [3.63, 3.8) is 0 Å². The Hall–Kier alpha value is -3.17. The van der Waals surface area contributed by atoms with E-state index in [-0.39, 0.29) is 22.8 Å². The highest BCUT2D eigenvalue weighted by Crippen LogP contribution is 2.37. The lowest BCUT2D eigenvalue weighted by Gasteiger charge is -2.10. The second-order valence-electron chi connectivity index (χ2n) is 5.36. The first-order valence-corrected chi connectivity index (χ1v) is 7.91. The van der Waals surface area contributed by atoms with E-state index in [0.29, 0.717) is 16.3 Å². The molecule has 2 N–H and O–H groups in total. The van der Waals surface area contributed by atoms with Crippen LogP contribution in [0.4, 0.5) is 5.69 Å². The van der Waals surface area contributed by atoms with E-state index in [9.17, 15) is 15.2 Å². The number of carbonyl (C=O) groups excluding carboxylic acids is 1. The molecule has 0 aliphatic carbocycles. The Bertz CT molecular complexity index is 891. The zero-order chi connectivity index (χ0) is 19.3. The molecule has 2 aromatic carbocycles. The Morgan fingerprint density at radius 1 is 1.23 bits per heavy atom. The van der Waals surface area contributed by atoms with Crippen LogP contribution in [0, 0.1) is 18.3 Å². The molecule has 0 unspecified atom stereocenters. The summed E-state index contributed by atoms with van der Waals surface area (Å²) in [7, 11) is 2.78. The summed E-state index contributed by atoms with van der Waals surface area (Å²) in [6.45, 7) is 1.82. The molecule has 0 heterocycles. The summed E-state index contributed by atoms with van der Waals surface area (Å²) in [6.07, 6.45) is 1.37. The number of aryl methyl sites for hydroxylation is 1. The number of hydrogen-bond acceptors (Lipinski definition) is 5. The smallest absolute Gasteiger partial charge is 0.266 e. The third-order valence-corrected chi connectivity index (χ3v) is 3.86. The van der Waals surface area contributed by atoms with Gasteiger partial charge in [-0.15, -0.1) is 0 Å². The molecule has 0 atom stereocenters. The van der Waals surface area contributed by atoms with Gasteiger partial charge in [-0.05, 0) is 48.4 Å². The van der Waals surface area contributed by atoms with Crippen LogP contribution in [0.3, 0.4) is 0 Å². The Balaban J connectivity index is 2.37. The van der Waals surface area contributed by atoms with Gasteiger partial charge in [-0.25, -0.2) is 0 Å². The number of nitriles is 1. The molecule has 0 fully saturated rings. The largest absolute Gasteiger partial charge is 0.502 e. The molecule has 0 saturated carbocycles. The van der Waals surface area contributed by atoms with Crippen molar-refractivity contribution >= 4 is 29.3 Å². The maximum Gasteiger partial charge on any atom is 0.266 e. The topological polar surface area (TPSA) is 91.6 Å². The monoisotopic (exact) mass is 372 g/mol. The third-order valence-electron chi connectivity index (χ3n) is 3.63. The number of methoxy groups -OCH3 is 2. The number of phenolic OH excluding ortho intramolecular Hbond substituents is 1. The van der Waals surface area contributed by atoms with Gasteiger partial charge in [0.15, 0.2) is 11.5 Å². The highest BCUT2D eigenvalue weighted by molar-refractivity contribution is 6.31. The van der Waals surface area contributed by atoms with Crippen molar-refractivity contribution in [2.24, 2.45) is 0 Å². The van der Waals surface area contributed by atoms with Crippen LogP contribution < -0.4 is 14.8 Å². The molecular weight excluding hydrogens is 356 g/mol. The summed E-state index contributed by atoms with van der Waals surface area (Å²) in [5, 5.41) is 22.4. The molecule has 2 rings (SSSR count). The number of ether oxygens (including phenoxy) is 2. The van der Waals surface area contributed by atoms with Crippen LogP contribution in [0.1, 0.15) is 11.1 Å². The SMILES string of the molecule is COc1cc(/C=C(\C#N)C(=O)Nc2cc(Cl)ccc2C)cc(OC)c1O.